The molecule has 0 bridgehead atoms. The lowest BCUT2D eigenvalue weighted by Crippen LogP contribution is -1.99. The van der Waals surface area contributed by atoms with Crippen LogP contribution in [0, 0.1) is 0 Å². The van der Waals surface area contributed by atoms with Gasteiger partial charge in [-0.15, -0.1) is 0 Å². The molecule has 0 heterocycles. The van der Waals surface area contributed by atoms with Crippen molar-refractivity contribution in [1.29, 1.82) is 0 Å². The topological polar surface area (TPSA) is 26.3 Å². The minimum atomic E-state index is -0.176. The third-order valence-corrected chi connectivity index (χ3v) is 2.09. The van der Waals surface area contributed by atoms with Crippen molar-refractivity contribution >= 4 is 5.97 Å². The maximum atomic E-state index is 10.4. The fourth-order valence-electron chi connectivity index (χ4n) is 1.30. The summed E-state index contributed by atoms with van der Waals surface area (Å²) >= 11 is 0. The Kier molecular flexibility index (Phi) is 10.3. The van der Waals surface area contributed by atoms with Crippen LogP contribution in [-0.4, -0.2) is 12.6 Å². The van der Waals surface area contributed by atoms with Crippen molar-refractivity contribution in [3.63, 3.8) is 0 Å². The van der Waals surface area contributed by atoms with Crippen LogP contribution < -0.4 is 0 Å². The molecule has 0 fully saturated rings. The van der Waals surface area contributed by atoms with Gasteiger partial charge in [0.2, 0.25) is 0 Å². The molecule has 0 aromatic heterocycles. The third-order valence-electron chi connectivity index (χ3n) is 2.09. The second kappa shape index (κ2) is 11.0. The van der Waals surface area contributed by atoms with Gasteiger partial charge in [-0.2, -0.15) is 0 Å². The van der Waals surface area contributed by atoms with Crippen LogP contribution in [0.15, 0.2) is 24.8 Å². The van der Waals surface area contributed by atoms with Gasteiger partial charge in [-0.1, -0.05) is 44.1 Å². The Morgan fingerprint density at radius 2 is 1.87 bits per heavy atom. The van der Waals surface area contributed by atoms with Crippen LogP contribution >= 0.6 is 0 Å². The van der Waals surface area contributed by atoms with E-state index in [0.717, 1.165) is 19.3 Å². The van der Waals surface area contributed by atoms with E-state index in [1.807, 2.05) is 6.08 Å². The largest absolute Gasteiger partial charge is 0.466 e. The van der Waals surface area contributed by atoms with E-state index in [1.165, 1.54) is 26.2 Å². The van der Waals surface area contributed by atoms with E-state index >= 15 is 0 Å². The summed E-state index contributed by atoms with van der Waals surface area (Å²) in [7, 11) is 0. The summed E-state index contributed by atoms with van der Waals surface area (Å²) in [5.74, 6) is -0.176. The lowest BCUT2D eigenvalue weighted by atomic mass is 10.1. The second-order valence-electron chi connectivity index (χ2n) is 3.56. The molecule has 0 rings (SSSR count). The van der Waals surface area contributed by atoms with Crippen LogP contribution in [0.4, 0.5) is 0 Å². The van der Waals surface area contributed by atoms with Gasteiger partial charge in [0.15, 0.2) is 0 Å². The van der Waals surface area contributed by atoms with Gasteiger partial charge < -0.3 is 4.74 Å². The molecule has 0 aliphatic heterocycles. The van der Waals surface area contributed by atoms with Gasteiger partial charge >= 0.3 is 5.97 Å². The van der Waals surface area contributed by atoms with Gasteiger partial charge in [0.25, 0.3) is 0 Å². The Balaban J connectivity index is 3.01. The van der Waals surface area contributed by atoms with Crippen molar-refractivity contribution in [3.05, 3.63) is 24.8 Å². The number of carbonyl (C=O) groups excluding carboxylic acids is 1. The molecule has 0 saturated heterocycles. The van der Waals surface area contributed by atoms with Gasteiger partial charge in [0, 0.05) is 6.92 Å². The van der Waals surface area contributed by atoms with Gasteiger partial charge in [0.1, 0.15) is 0 Å². The van der Waals surface area contributed by atoms with Crippen molar-refractivity contribution in [2.24, 2.45) is 0 Å². The average molecular weight is 210 g/mol. The van der Waals surface area contributed by atoms with Crippen LogP contribution in [0.1, 0.15) is 45.4 Å². The molecule has 0 spiro atoms. The average Bonchev–Trinajstić information content (AvgIpc) is 2.20. The molecular formula is C13H22O2. The molecule has 0 amide bonds. The van der Waals surface area contributed by atoms with Crippen LogP contribution in [0.25, 0.3) is 0 Å². The van der Waals surface area contributed by atoms with Crippen molar-refractivity contribution in [2.75, 3.05) is 6.61 Å². The Bertz CT molecular complexity index is 195. The van der Waals surface area contributed by atoms with E-state index in [1.54, 1.807) is 6.08 Å². The first-order chi connectivity index (χ1) is 7.27. The number of hydrogen-bond donors (Lipinski definition) is 0. The first-order valence-corrected chi connectivity index (χ1v) is 5.68. The number of allylic oxidation sites excluding steroid dienone is 3. The summed E-state index contributed by atoms with van der Waals surface area (Å²) in [6.07, 6.45) is 12.9. The molecule has 0 saturated carbocycles. The Hall–Kier alpha value is -1.05. The van der Waals surface area contributed by atoms with E-state index in [-0.39, 0.29) is 5.97 Å². The fourth-order valence-corrected chi connectivity index (χ4v) is 1.30. The van der Waals surface area contributed by atoms with Crippen LogP contribution in [0.2, 0.25) is 0 Å². The number of carbonyl (C=O) groups is 1. The molecule has 0 atom stereocenters. The van der Waals surface area contributed by atoms with Gasteiger partial charge in [-0.25, -0.2) is 0 Å². The van der Waals surface area contributed by atoms with Crippen LogP contribution in [-0.2, 0) is 9.53 Å². The molecule has 0 radical (unpaired) electrons. The van der Waals surface area contributed by atoms with Crippen molar-refractivity contribution in [1.82, 2.24) is 0 Å². The molecule has 86 valence electrons. The molecule has 0 unspecified atom stereocenters. The molecule has 0 aromatic carbocycles. The zero-order valence-electron chi connectivity index (χ0n) is 9.71. The molecule has 0 aliphatic rings. The molecular weight excluding hydrogens is 188 g/mol. The summed E-state index contributed by atoms with van der Waals surface area (Å²) < 4.78 is 4.84. The minimum absolute atomic E-state index is 0.176. The molecule has 0 aliphatic carbocycles. The molecule has 15 heavy (non-hydrogen) atoms. The number of ether oxygens (including phenoxy) is 1. The summed E-state index contributed by atoms with van der Waals surface area (Å²) in [6, 6.07) is 0. The summed E-state index contributed by atoms with van der Waals surface area (Å²) in [4.78, 5) is 10.4. The molecule has 2 nitrogen and oxygen atoms in total. The van der Waals surface area contributed by atoms with E-state index in [2.05, 4.69) is 12.7 Å². The molecule has 0 N–H and O–H groups in total. The maximum Gasteiger partial charge on any atom is 0.302 e. The summed E-state index contributed by atoms with van der Waals surface area (Å²) in [5.41, 5.74) is 0. The van der Waals surface area contributed by atoms with E-state index in [9.17, 15) is 4.79 Å². The van der Waals surface area contributed by atoms with Crippen molar-refractivity contribution in [3.8, 4) is 0 Å². The smallest absolute Gasteiger partial charge is 0.302 e. The highest BCUT2D eigenvalue weighted by atomic mass is 16.5. The number of hydrogen-bond acceptors (Lipinski definition) is 2. The summed E-state index contributed by atoms with van der Waals surface area (Å²) in [5, 5.41) is 0. The fraction of sp³-hybridized carbons (Fsp3) is 0.615. The van der Waals surface area contributed by atoms with Crippen molar-refractivity contribution in [2.45, 2.75) is 45.4 Å². The van der Waals surface area contributed by atoms with E-state index in [0.29, 0.717) is 6.61 Å². The highest BCUT2D eigenvalue weighted by Crippen LogP contribution is 2.06. The highest BCUT2D eigenvalue weighted by molar-refractivity contribution is 5.65. The Labute approximate surface area is 93.0 Å². The Morgan fingerprint density at radius 1 is 1.20 bits per heavy atom. The SMILES string of the molecule is C=C/C=C/CCCCCCCOC(C)=O. The van der Waals surface area contributed by atoms with Gasteiger partial charge in [-0.3, -0.25) is 4.79 Å². The van der Waals surface area contributed by atoms with Gasteiger partial charge in [-0.05, 0) is 19.3 Å². The number of esters is 1. The highest BCUT2D eigenvalue weighted by Gasteiger charge is 1.93. The lowest BCUT2D eigenvalue weighted by Gasteiger charge is -2.01. The minimum Gasteiger partial charge on any atom is -0.466 e. The molecule has 2 heteroatoms. The standard InChI is InChI=1S/C13H22O2/c1-3-4-5-6-7-8-9-10-11-12-15-13(2)14/h3-5H,1,6-12H2,2H3/b5-4+. The predicted octanol–water partition coefficient (Wildman–Crippen LogP) is 3.63. The van der Waals surface area contributed by atoms with Crippen LogP contribution in [0.3, 0.4) is 0 Å². The van der Waals surface area contributed by atoms with Crippen LogP contribution in [0.5, 0.6) is 0 Å². The lowest BCUT2D eigenvalue weighted by molar-refractivity contribution is -0.141. The van der Waals surface area contributed by atoms with Crippen molar-refractivity contribution < 1.29 is 9.53 Å². The summed E-state index contributed by atoms with van der Waals surface area (Å²) in [6.45, 7) is 5.64. The zero-order valence-corrected chi connectivity index (χ0v) is 9.71. The Morgan fingerprint density at radius 3 is 2.53 bits per heavy atom. The quantitative estimate of drug-likeness (QED) is 0.330. The predicted molar refractivity (Wildman–Crippen MR) is 63.7 cm³/mol. The van der Waals surface area contributed by atoms with E-state index in [4.69, 9.17) is 4.74 Å². The normalized spacial score (nSPS) is 10.5. The zero-order chi connectivity index (χ0) is 11.4. The second-order valence-corrected chi connectivity index (χ2v) is 3.56. The van der Waals surface area contributed by atoms with E-state index < -0.39 is 0 Å². The number of unbranched alkanes of at least 4 members (excludes halogenated alkanes) is 5. The van der Waals surface area contributed by atoms with Gasteiger partial charge in [0.05, 0.1) is 6.61 Å². The number of rotatable bonds is 9. The molecule has 0 aromatic rings. The first kappa shape index (κ1) is 13.9. The monoisotopic (exact) mass is 210 g/mol. The third kappa shape index (κ3) is 12.9. The maximum absolute atomic E-state index is 10.4. The first-order valence-electron chi connectivity index (χ1n) is 5.68.